The van der Waals surface area contributed by atoms with Gasteiger partial charge in [-0.3, -0.25) is 0 Å². The first-order valence-electron chi connectivity index (χ1n) is 8.04. The van der Waals surface area contributed by atoms with E-state index in [0.717, 1.165) is 19.5 Å². The zero-order valence-corrected chi connectivity index (χ0v) is 14.4. The maximum Gasteiger partial charge on any atom is 0.240 e. The predicted octanol–water partition coefficient (Wildman–Crippen LogP) is 1.38. The van der Waals surface area contributed by atoms with Crippen molar-refractivity contribution in [3.05, 3.63) is 24.3 Å². The number of nitrogens with one attached hydrogen (secondary N) is 2. The lowest BCUT2D eigenvalue weighted by atomic mass is 9.96. The van der Waals surface area contributed by atoms with Crippen LogP contribution < -0.4 is 14.8 Å². The number of hydrogen-bond donors (Lipinski definition) is 2. The first-order valence-corrected chi connectivity index (χ1v) is 9.52. The van der Waals surface area contributed by atoms with Gasteiger partial charge in [-0.05, 0) is 62.5 Å². The summed E-state index contributed by atoms with van der Waals surface area (Å²) >= 11 is 0. The molecule has 1 atom stereocenters. The Morgan fingerprint density at radius 3 is 2.70 bits per heavy atom. The summed E-state index contributed by atoms with van der Waals surface area (Å²) in [5.41, 5.74) is 0. The highest BCUT2D eigenvalue weighted by molar-refractivity contribution is 7.89. The molecule has 1 aromatic rings. The van der Waals surface area contributed by atoms with E-state index in [2.05, 4.69) is 10.0 Å². The highest BCUT2D eigenvalue weighted by Crippen LogP contribution is 2.17. The molecule has 1 heterocycles. The van der Waals surface area contributed by atoms with Gasteiger partial charge < -0.3 is 14.8 Å². The van der Waals surface area contributed by atoms with Crippen LogP contribution in [0, 0.1) is 5.92 Å². The number of ether oxygens (including phenoxy) is 2. The molecule has 1 fully saturated rings. The van der Waals surface area contributed by atoms with Crippen molar-refractivity contribution in [3.63, 3.8) is 0 Å². The van der Waals surface area contributed by atoms with Gasteiger partial charge in [0.25, 0.3) is 0 Å². The summed E-state index contributed by atoms with van der Waals surface area (Å²) in [4.78, 5) is 0.262. The van der Waals surface area contributed by atoms with Crippen LogP contribution in [0.5, 0.6) is 5.75 Å². The SMILES string of the molecule is COCCOc1ccc(S(=O)(=O)NCCC2CCCNC2)cc1. The van der Waals surface area contributed by atoms with Gasteiger partial charge in [-0.2, -0.15) is 0 Å². The monoisotopic (exact) mass is 342 g/mol. The van der Waals surface area contributed by atoms with Crippen LogP contribution >= 0.6 is 0 Å². The maximum absolute atomic E-state index is 12.3. The Labute approximate surface area is 138 Å². The van der Waals surface area contributed by atoms with Crippen molar-refractivity contribution in [2.45, 2.75) is 24.2 Å². The van der Waals surface area contributed by atoms with Crippen LogP contribution in [0.3, 0.4) is 0 Å². The van der Waals surface area contributed by atoms with E-state index in [1.807, 2.05) is 0 Å². The molecule has 1 saturated heterocycles. The Kier molecular flexibility index (Phi) is 7.29. The molecule has 130 valence electrons. The summed E-state index contributed by atoms with van der Waals surface area (Å²) in [5.74, 6) is 1.19. The standard InChI is InChI=1S/C16H26N2O4S/c1-21-11-12-22-15-4-6-16(7-5-15)23(19,20)18-10-8-14-3-2-9-17-13-14/h4-7,14,17-18H,2-3,8-13H2,1H3. The summed E-state index contributed by atoms with van der Waals surface area (Å²) in [6.45, 7) is 3.46. The molecular weight excluding hydrogens is 316 g/mol. The van der Waals surface area contributed by atoms with Gasteiger partial charge in [-0.25, -0.2) is 13.1 Å². The molecule has 7 heteroatoms. The second-order valence-electron chi connectivity index (χ2n) is 5.71. The Hall–Kier alpha value is -1.15. The number of piperidine rings is 1. The molecule has 1 aromatic carbocycles. The number of methoxy groups -OCH3 is 1. The molecule has 0 radical (unpaired) electrons. The Bertz CT molecular complexity index is 554. The molecule has 23 heavy (non-hydrogen) atoms. The molecule has 1 aliphatic heterocycles. The van der Waals surface area contributed by atoms with E-state index in [9.17, 15) is 8.42 Å². The van der Waals surface area contributed by atoms with Crippen LogP contribution in [0.15, 0.2) is 29.2 Å². The van der Waals surface area contributed by atoms with Crippen molar-refractivity contribution in [1.82, 2.24) is 10.0 Å². The van der Waals surface area contributed by atoms with Gasteiger partial charge in [0.2, 0.25) is 10.0 Å². The maximum atomic E-state index is 12.3. The second-order valence-corrected chi connectivity index (χ2v) is 7.48. The van der Waals surface area contributed by atoms with Gasteiger partial charge in [0, 0.05) is 13.7 Å². The summed E-state index contributed by atoms with van der Waals surface area (Å²) in [5, 5.41) is 3.34. The molecule has 2 rings (SSSR count). The first-order chi connectivity index (χ1) is 11.1. The summed E-state index contributed by atoms with van der Waals surface area (Å²) in [6, 6.07) is 6.45. The highest BCUT2D eigenvalue weighted by Gasteiger charge is 2.16. The smallest absolute Gasteiger partial charge is 0.240 e. The average Bonchev–Trinajstić information content (AvgIpc) is 2.56. The van der Waals surface area contributed by atoms with E-state index in [1.165, 1.54) is 12.8 Å². The van der Waals surface area contributed by atoms with E-state index in [-0.39, 0.29) is 4.90 Å². The topological polar surface area (TPSA) is 76.7 Å². The minimum atomic E-state index is -3.45. The molecule has 0 bridgehead atoms. The zero-order chi connectivity index (χ0) is 16.5. The van der Waals surface area contributed by atoms with Gasteiger partial charge in [0.1, 0.15) is 12.4 Å². The molecule has 0 aromatic heterocycles. The van der Waals surface area contributed by atoms with E-state index < -0.39 is 10.0 Å². The fourth-order valence-corrected chi connectivity index (χ4v) is 3.66. The fraction of sp³-hybridized carbons (Fsp3) is 0.625. The fourth-order valence-electron chi connectivity index (χ4n) is 2.61. The molecule has 1 unspecified atom stereocenters. The number of benzene rings is 1. The lowest BCUT2D eigenvalue weighted by molar-refractivity contribution is 0.146. The van der Waals surface area contributed by atoms with Gasteiger partial charge >= 0.3 is 0 Å². The third kappa shape index (κ3) is 6.10. The number of hydrogen-bond acceptors (Lipinski definition) is 5. The third-order valence-electron chi connectivity index (χ3n) is 3.93. The van der Waals surface area contributed by atoms with Crippen molar-refractivity contribution in [1.29, 1.82) is 0 Å². The van der Waals surface area contributed by atoms with Crippen molar-refractivity contribution in [2.24, 2.45) is 5.92 Å². The lowest BCUT2D eigenvalue weighted by Crippen LogP contribution is -2.33. The Morgan fingerprint density at radius 1 is 1.26 bits per heavy atom. The van der Waals surface area contributed by atoms with Crippen molar-refractivity contribution in [2.75, 3.05) is 40.0 Å². The van der Waals surface area contributed by atoms with Crippen LogP contribution in [0.2, 0.25) is 0 Å². The van der Waals surface area contributed by atoms with Crippen molar-refractivity contribution in [3.8, 4) is 5.75 Å². The van der Waals surface area contributed by atoms with Crippen molar-refractivity contribution < 1.29 is 17.9 Å². The first kappa shape index (κ1) is 18.2. The van der Waals surface area contributed by atoms with E-state index >= 15 is 0 Å². The van der Waals surface area contributed by atoms with E-state index in [0.29, 0.717) is 31.4 Å². The minimum Gasteiger partial charge on any atom is -0.491 e. The highest BCUT2D eigenvalue weighted by atomic mass is 32.2. The van der Waals surface area contributed by atoms with Gasteiger partial charge in [0.05, 0.1) is 11.5 Å². The summed E-state index contributed by atoms with van der Waals surface area (Å²) < 4.78 is 37.5. The van der Waals surface area contributed by atoms with Crippen LogP contribution in [0.25, 0.3) is 0 Å². The largest absolute Gasteiger partial charge is 0.491 e. The predicted molar refractivity (Wildman–Crippen MR) is 89.2 cm³/mol. The second kappa shape index (κ2) is 9.22. The van der Waals surface area contributed by atoms with Gasteiger partial charge in [-0.15, -0.1) is 0 Å². The molecule has 2 N–H and O–H groups in total. The molecule has 0 spiro atoms. The summed E-state index contributed by atoms with van der Waals surface area (Å²) in [7, 11) is -1.85. The molecule has 6 nitrogen and oxygen atoms in total. The van der Waals surface area contributed by atoms with E-state index in [4.69, 9.17) is 9.47 Å². The molecular formula is C16H26N2O4S. The minimum absolute atomic E-state index is 0.262. The number of rotatable bonds is 9. The molecule has 0 amide bonds. The quantitative estimate of drug-likeness (QED) is 0.663. The van der Waals surface area contributed by atoms with Crippen LogP contribution in [0.4, 0.5) is 0 Å². The van der Waals surface area contributed by atoms with Crippen molar-refractivity contribution >= 4 is 10.0 Å². The zero-order valence-electron chi connectivity index (χ0n) is 13.6. The number of sulfonamides is 1. The third-order valence-corrected chi connectivity index (χ3v) is 5.41. The Morgan fingerprint density at radius 2 is 2.04 bits per heavy atom. The van der Waals surface area contributed by atoms with Gasteiger partial charge in [0.15, 0.2) is 0 Å². The molecule has 0 aliphatic carbocycles. The molecule has 1 aliphatic rings. The van der Waals surface area contributed by atoms with Crippen LogP contribution in [0.1, 0.15) is 19.3 Å². The lowest BCUT2D eigenvalue weighted by Gasteiger charge is -2.22. The summed E-state index contributed by atoms with van der Waals surface area (Å²) in [6.07, 6.45) is 3.20. The molecule has 0 saturated carbocycles. The normalized spacial score (nSPS) is 18.7. The van der Waals surface area contributed by atoms with Gasteiger partial charge in [-0.1, -0.05) is 0 Å². The Balaban J connectivity index is 1.81. The van der Waals surface area contributed by atoms with Crippen LogP contribution in [-0.2, 0) is 14.8 Å². The van der Waals surface area contributed by atoms with E-state index in [1.54, 1.807) is 31.4 Å². The van der Waals surface area contributed by atoms with Crippen LogP contribution in [-0.4, -0.2) is 48.4 Å². The average molecular weight is 342 g/mol.